The van der Waals surface area contributed by atoms with Gasteiger partial charge in [-0.2, -0.15) is 5.10 Å². The van der Waals surface area contributed by atoms with Gasteiger partial charge in [-0.1, -0.05) is 0 Å². The minimum absolute atomic E-state index is 0.0269. The third-order valence-electron chi connectivity index (χ3n) is 3.62. The van der Waals surface area contributed by atoms with Crippen molar-refractivity contribution in [1.82, 2.24) is 14.7 Å². The van der Waals surface area contributed by atoms with E-state index in [2.05, 4.69) is 23.1 Å². The van der Waals surface area contributed by atoms with Crippen molar-refractivity contribution < 1.29 is 9.53 Å². The van der Waals surface area contributed by atoms with E-state index >= 15 is 0 Å². The molecule has 2 heterocycles. The Morgan fingerprint density at radius 3 is 2.74 bits per heavy atom. The van der Waals surface area contributed by atoms with Gasteiger partial charge < -0.3 is 4.74 Å². The summed E-state index contributed by atoms with van der Waals surface area (Å²) < 4.78 is 7.03. The van der Waals surface area contributed by atoms with E-state index < -0.39 is 0 Å². The molecule has 106 valence electrons. The summed E-state index contributed by atoms with van der Waals surface area (Å²) >= 11 is 0. The summed E-state index contributed by atoms with van der Waals surface area (Å²) in [5.41, 5.74) is 1.25. The Labute approximate surface area is 114 Å². The van der Waals surface area contributed by atoms with E-state index in [1.54, 1.807) is 0 Å². The first-order valence-electron chi connectivity index (χ1n) is 7.13. The lowest BCUT2D eigenvalue weighted by atomic mass is 9.97. The topological polar surface area (TPSA) is 47.4 Å². The van der Waals surface area contributed by atoms with Gasteiger partial charge in [0.1, 0.15) is 0 Å². The van der Waals surface area contributed by atoms with E-state index in [0.717, 1.165) is 39.0 Å². The summed E-state index contributed by atoms with van der Waals surface area (Å²) in [5.74, 6) is 0.0653. The van der Waals surface area contributed by atoms with Gasteiger partial charge in [0, 0.05) is 24.8 Å². The predicted octanol–water partition coefficient (Wildman–Crippen LogP) is 1.68. The summed E-state index contributed by atoms with van der Waals surface area (Å²) in [4.78, 5) is 14.0. The monoisotopic (exact) mass is 265 g/mol. The number of carbonyl (C=O) groups excluding carboxylic acids is 1. The van der Waals surface area contributed by atoms with E-state index in [9.17, 15) is 4.79 Å². The molecule has 0 radical (unpaired) electrons. The Morgan fingerprint density at radius 2 is 2.16 bits per heavy atom. The molecule has 0 atom stereocenters. The van der Waals surface area contributed by atoms with Crippen LogP contribution in [0.1, 0.15) is 32.3 Å². The summed E-state index contributed by atoms with van der Waals surface area (Å²) in [6, 6.07) is 0. The second kappa shape index (κ2) is 6.70. The van der Waals surface area contributed by atoms with Crippen LogP contribution in [0.5, 0.6) is 0 Å². The van der Waals surface area contributed by atoms with Gasteiger partial charge in [-0.15, -0.1) is 0 Å². The molecule has 1 aromatic rings. The van der Waals surface area contributed by atoms with Crippen molar-refractivity contribution in [3.8, 4) is 0 Å². The summed E-state index contributed by atoms with van der Waals surface area (Å²) in [7, 11) is 0. The molecular weight excluding hydrogens is 242 g/mol. The average Bonchev–Trinajstić information content (AvgIpc) is 2.87. The van der Waals surface area contributed by atoms with Crippen molar-refractivity contribution >= 4 is 5.97 Å². The molecule has 0 aliphatic carbocycles. The lowest BCUT2D eigenvalue weighted by Gasteiger charge is -2.30. The smallest absolute Gasteiger partial charge is 0.309 e. The highest BCUT2D eigenvalue weighted by atomic mass is 16.5. The van der Waals surface area contributed by atoms with Gasteiger partial charge in [-0.25, -0.2) is 0 Å². The highest BCUT2D eigenvalue weighted by Crippen LogP contribution is 2.20. The molecule has 1 aliphatic rings. The number of rotatable bonds is 5. The molecule has 0 unspecified atom stereocenters. The number of nitrogens with zero attached hydrogens (tertiary/aromatic N) is 3. The number of aromatic nitrogens is 2. The van der Waals surface area contributed by atoms with Crippen molar-refractivity contribution in [3.63, 3.8) is 0 Å². The second-order valence-electron chi connectivity index (χ2n) is 5.01. The Hall–Kier alpha value is -1.36. The molecule has 1 saturated heterocycles. The first-order chi connectivity index (χ1) is 9.22. The van der Waals surface area contributed by atoms with Crippen molar-refractivity contribution in [1.29, 1.82) is 0 Å². The Kier molecular flexibility index (Phi) is 4.96. The second-order valence-corrected chi connectivity index (χ2v) is 5.01. The zero-order valence-corrected chi connectivity index (χ0v) is 11.8. The SMILES string of the molecule is CCOC(=O)C1CCN(Cc2cnn(CC)c2)CC1. The maximum absolute atomic E-state index is 11.7. The van der Waals surface area contributed by atoms with E-state index in [1.807, 2.05) is 17.8 Å². The molecule has 1 aliphatic heterocycles. The van der Waals surface area contributed by atoms with Crippen molar-refractivity contribution in [2.75, 3.05) is 19.7 Å². The fraction of sp³-hybridized carbons (Fsp3) is 0.714. The number of esters is 1. The van der Waals surface area contributed by atoms with E-state index in [4.69, 9.17) is 4.74 Å². The lowest BCUT2D eigenvalue weighted by Crippen LogP contribution is -2.36. The Morgan fingerprint density at radius 1 is 1.42 bits per heavy atom. The first-order valence-corrected chi connectivity index (χ1v) is 7.13. The number of aryl methyl sites for hydroxylation is 1. The van der Waals surface area contributed by atoms with Gasteiger partial charge in [-0.05, 0) is 39.8 Å². The van der Waals surface area contributed by atoms with Crippen LogP contribution in [0, 0.1) is 5.92 Å². The Balaban J connectivity index is 1.78. The van der Waals surface area contributed by atoms with Crippen LogP contribution in [0.2, 0.25) is 0 Å². The van der Waals surface area contributed by atoms with Gasteiger partial charge >= 0.3 is 5.97 Å². The van der Waals surface area contributed by atoms with Gasteiger partial charge in [0.2, 0.25) is 0 Å². The third kappa shape index (κ3) is 3.80. The van der Waals surface area contributed by atoms with E-state index in [-0.39, 0.29) is 11.9 Å². The zero-order valence-electron chi connectivity index (χ0n) is 11.8. The van der Waals surface area contributed by atoms with Gasteiger partial charge in [0.05, 0.1) is 18.7 Å². The predicted molar refractivity (Wildman–Crippen MR) is 72.5 cm³/mol. The quantitative estimate of drug-likeness (QED) is 0.760. The summed E-state index contributed by atoms with van der Waals surface area (Å²) in [6.07, 6.45) is 5.83. The van der Waals surface area contributed by atoms with Crippen LogP contribution in [0.25, 0.3) is 0 Å². The van der Waals surface area contributed by atoms with Crippen LogP contribution >= 0.6 is 0 Å². The van der Waals surface area contributed by atoms with Crippen LogP contribution < -0.4 is 0 Å². The highest BCUT2D eigenvalue weighted by molar-refractivity contribution is 5.72. The highest BCUT2D eigenvalue weighted by Gasteiger charge is 2.25. The molecule has 0 amide bonds. The number of carbonyl (C=O) groups is 1. The molecule has 1 fully saturated rings. The van der Waals surface area contributed by atoms with Crippen LogP contribution in [0.4, 0.5) is 0 Å². The zero-order chi connectivity index (χ0) is 13.7. The molecule has 5 heteroatoms. The molecule has 0 saturated carbocycles. The third-order valence-corrected chi connectivity index (χ3v) is 3.62. The Bertz CT molecular complexity index is 409. The fourth-order valence-corrected chi connectivity index (χ4v) is 2.51. The van der Waals surface area contributed by atoms with Crippen molar-refractivity contribution in [2.45, 2.75) is 39.8 Å². The maximum atomic E-state index is 11.7. The fourth-order valence-electron chi connectivity index (χ4n) is 2.51. The van der Waals surface area contributed by atoms with Crippen LogP contribution in [0.15, 0.2) is 12.4 Å². The molecule has 5 nitrogen and oxygen atoms in total. The molecule has 0 bridgehead atoms. The summed E-state index contributed by atoms with van der Waals surface area (Å²) in [6.45, 7) is 8.18. The first kappa shape index (κ1) is 14.1. The molecule has 0 aromatic carbocycles. The average molecular weight is 265 g/mol. The molecule has 19 heavy (non-hydrogen) atoms. The minimum Gasteiger partial charge on any atom is -0.466 e. The minimum atomic E-state index is -0.0269. The number of piperidine rings is 1. The van der Waals surface area contributed by atoms with Crippen LogP contribution in [0.3, 0.4) is 0 Å². The van der Waals surface area contributed by atoms with E-state index in [0.29, 0.717) is 6.61 Å². The van der Waals surface area contributed by atoms with E-state index in [1.165, 1.54) is 5.56 Å². The van der Waals surface area contributed by atoms with Crippen LogP contribution in [-0.2, 0) is 22.6 Å². The van der Waals surface area contributed by atoms with Gasteiger partial charge in [-0.3, -0.25) is 14.4 Å². The van der Waals surface area contributed by atoms with Gasteiger partial charge in [0.15, 0.2) is 0 Å². The van der Waals surface area contributed by atoms with Crippen LogP contribution in [-0.4, -0.2) is 40.3 Å². The molecule has 1 aromatic heterocycles. The number of hydrogen-bond acceptors (Lipinski definition) is 4. The molecule has 0 spiro atoms. The number of likely N-dealkylation sites (tertiary alicyclic amines) is 1. The summed E-state index contributed by atoms with van der Waals surface area (Å²) in [5, 5.41) is 4.28. The molecule has 0 N–H and O–H groups in total. The molecular formula is C14H23N3O2. The lowest BCUT2D eigenvalue weighted by molar-refractivity contribution is -0.149. The number of ether oxygens (including phenoxy) is 1. The normalized spacial score (nSPS) is 17.6. The van der Waals surface area contributed by atoms with Crippen molar-refractivity contribution in [2.24, 2.45) is 5.92 Å². The van der Waals surface area contributed by atoms with Crippen molar-refractivity contribution in [3.05, 3.63) is 18.0 Å². The number of hydrogen-bond donors (Lipinski definition) is 0. The maximum Gasteiger partial charge on any atom is 0.309 e. The molecule has 2 rings (SSSR count). The standard InChI is InChI=1S/C14H23N3O2/c1-3-17-11-12(9-15-17)10-16-7-5-13(6-8-16)14(18)19-4-2/h9,11,13H,3-8,10H2,1-2H3. The van der Waals surface area contributed by atoms with Gasteiger partial charge in [0.25, 0.3) is 0 Å². The largest absolute Gasteiger partial charge is 0.466 e.